The van der Waals surface area contributed by atoms with Gasteiger partial charge in [0.05, 0.1) is 11.6 Å². The number of fused-ring (bicyclic) bond motifs is 1. The molecule has 124 valence electrons. The van der Waals surface area contributed by atoms with E-state index in [1.807, 2.05) is 38.1 Å². The van der Waals surface area contributed by atoms with Crippen LogP contribution in [0.4, 0.5) is 5.00 Å². The number of thiophene rings is 1. The molecule has 0 atom stereocenters. The molecule has 0 radical (unpaired) electrons. The van der Waals surface area contributed by atoms with Gasteiger partial charge in [-0.2, -0.15) is 0 Å². The summed E-state index contributed by atoms with van der Waals surface area (Å²) in [6.07, 6.45) is 0. The first kappa shape index (κ1) is 16.3. The van der Waals surface area contributed by atoms with Gasteiger partial charge >= 0.3 is 5.97 Å². The zero-order valence-electron chi connectivity index (χ0n) is 13.6. The highest BCUT2D eigenvalue weighted by atomic mass is 32.1. The van der Waals surface area contributed by atoms with E-state index < -0.39 is 0 Å². The van der Waals surface area contributed by atoms with Crippen molar-refractivity contribution in [2.24, 2.45) is 0 Å². The number of hydrogen-bond acceptors (Lipinski definition) is 5. The summed E-state index contributed by atoms with van der Waals surface area (Å²) >= 11 is 1.20. The third-order valence-corrected chi connectivity index (χ3v) is 4.80. The Morgan fingerprint density at radius 1 is 1.25 bits per heavy atom. The molecule has 0 saturated carbocycles. The van der Waals surface area contributed by atoms with Crippen LogP contribution in [0.3, 0.4) is 0 Å². The van der Waals surface area contributed by atoms with E-state index in [2.05, 4.69) is 5.32 Å². The minimum Gasteiger partial charge on any atom is -0.462 e. The first-order valence-corrected chi connectivity index (χ1v) is 8.40. The average Bonchev–Trinajstić information content (AvgIpc) is 3.08. The second-order valence-electron chi connectivity index (χ2n) is 5.35. The molecule has 0 unspecified atom stereocenters. The Kier molecular flexibility index (Phi) is 4.40. The van der Waals surface area contributed by atoms with Crippen molar-refractivity contribution in [3.8, 4) is 0 Å². The number of para-hydroxylation sites is 1. The van der Waals surface area contributed by atoms with Crippen molar-refractivity contribution in [2.45, 2.75) is 20.8 Å². The van der Waals surface area contributed by atoms with E-state index in [1.165, 1.54) is 11.3 Å². The Labute approximate surface area is 143 Å². The van der Waals surface area contributed by atoms with E-state index in [4.69, 9.17) is 9.15 Å². The Bertz CT molecular complexity index is 922. The first-order valence-electron chi connectivity index (χ1n) is 7.58. The molecule has 2 heterocycles. The number of anilines is 1. The van der Waals surface area contributed by atoms with Gasteiger partial charge in [0.1, 0.15) is 10.5 Å². The van der Waals surface area contributed by atoms with Crippen LogP contribution in [0, 0.1) is 13.8 Å². The van der Waals surface area contributed by atoms with E-state index in [0.29, 0.717) is 22.1 Å². The van der Waals surface area contributed by atoms with Gasteiger partial charge in [0.25, 0.3) is 5.91 Å². The molecule has 6 heteroatoms. The van der Waals surface area contributed by atoms with Crippen molar-refractivity contribution in [3.05, 3.63) is 52.1 Å². The molecule has 0 saturated heterocycles. The van der Waals surface area contributed by atoms with E-state index in [1.54, 1.807) is 13.0 Å². The third-order valence-electron chi connectivity index (χ3n) is 3.67. The average molecular weight is 343 g/mol. The van der Waals surface area contributed by atoms with Crippen LogP contribution in [0.2, 0.25) is 0 Å². The predicted octanol–water partition coefficient (Wildman–Crippen LogP) is 4.54. The van der Waals surface area contributed by atoms with Crippen molar-refractivity contribution >= 4 is 39.2 Å². The van der Waals surface area contributed by atoms with Crippen molar-refractivity contribution in [2.75, 3.05) is 11.9 Å². The standard InChI is InChI=1S/C18H17NO4S/c1-4-22-18(21)16-10(2)9-14(24-16)19-17(20)15-11(3)12-7-5-6-8-13(12)23-15/h5-9H,4H2,1-3H3,(H,19,20). The van der Waals surface area contributed by atoms with Gasteiger partial charge in [-0.25, -0.2) is 4.79 Å². The Morgan fingerprint density at radius 3 is 2.71 bits per heavy atom. The molecule has 0 bridgehead atoms. The summed E-state index contributed by atoms with van der Waals surface area (Å²) in [7, 11) is 0. The molecule has 0 fully saturated rings. The topological polar surface area (TPSA) is 68.5 Å². The highest BCUT2D eigenvalue weighted by Gasteiger charge is 2.20. The van der Waals surface area contributed by atoms with E-state index >= 15 is 0 Å². The summed E-state index contributed by atoms with van der Waals surface area (Å²) in [4.78, 5) is 24.9. The maximum atomic E-state index is 12.5. The zero-order chi connectivity index (χ0) is 17.3. The van der Waals surface area contributed by atoms with Gasteiger partial charge in [-0.3, -0.25) is 4.79 Å². The second kappa shape index (κ2) is 6.49. The summed E-state index contributed by atoms with van der Waals surface area (Å²) in [6, 6.07) is 9.27. The molecule has 1 aromatic carbocycles. The largest absolute Gasteiger partial charge is 0.462 e. The number of nitrogens with one attached hydrogen (secondary N) is 1. The lowest BCUT2D eigenvalue weighted by atomic mass is 10.1. The number of furan rings is 1. The first-order chi connectivity index (χ1) is 11.5. The quantitative estimate of drug-likeness (QED) is 0.706. The number of aryl methyl sites for hydroxylation is 2. The Balaban J connectivity index is 1.85. The van der Waals surface area contributed by atoms with Gasteiger partial charge in [-0.1, -0.05) is 18.2 Å². The zero-order valence-corrected chi connectivity index (χ0v) is 14.5. The number of amides is 1. The summed E-state index contributed by atoms with van der Waals surface area (Å²) in [6.45, 7) is 5.74. The SMILES string of the molecule is CCOC(=O)c1sc(NC(=O)c2oc3ccccc3c2C)cc1C. The predicted molar refractivity (Wildman–Crippen MR) is 93.9 cm³/mol. The van der Waals surface area contributed by atoms with Crippen molar-refractivity contribution in [1.82, 2.24) is 0 Å². The fraction of sp³-hybridized carbons (Fsp3) is 0.222. The minimum atomic E-state index is -0.375. The molecule has 0 spiro atoms. The van der Waals surface area contributed by atoms with E-state index in [-0.39, 0.29) is 17.6 Å². The maximum absolute atomic E-state index is 12.5. The third kappa shape index (κ3) is 2.92. The number of benzene rings is 1. The fourth-order valence-electron chi connectivity index (χ4n) is 2.50. The summed E-state index contributed by atoms with van der Waals surface area (Å²) in [5, 5.41) is 4.29. The molecule has 24 heavy (non-hydrogen) atoms. The highest BCUT2D eigenvalue weighted by molar-refractivity contribution is 7.18. The number of rotatable bonds is 4. The van der Waals surface area contributed by atoms with E-state index in [0.717, 1.165) is 16.5 Å². The second-order valence-corrected chi connectivity index (χ2v) is 6.40. The van der Waals surface area contributed by atoms with Crippen LogP contribution in [0.1, 0.15) is 38.3 Å². The molecule has 3 aromatic rings. The minimum absolute atomic E-state index is 0.278. The molecular formula is C18H17NO4S. The lowest BCUT2D eigenvalue weighted by Crippen LogP contribution is -2.11. The number of hydrogen-bond donors (Lipinski definition) is 1. The summed E-state index contributed by atoms with van der Waals surface area (Å²) in [5.74, 6) is -0.430. The van der Waals surface area contributed by atoms with Crippen LogP contribution < -0.4 is 5.32 Å². The Hall–Kier alpha value is -2.60. The molecule has 0 aliphatic heterocycles. The molecule has 5 nitrogen and oxygen atoms in total. The highest BCUT2D eigenvalue weighted by Crippen LogP contribution is 2.30. The normalized spacial score (nSPS) is 10.8. The molecular weight excluding hydrogens is 326 g/mol. The smallest absolute Gasteiger partial charge is 0.348 e. The lowest BCUT2D eigenvalue weighted by molar-refractivity contribution is 0.0531. The van der Waals surface area contributed by atoms with Crippen LogP contribution in [0.5, 0.6) is 0 Å². The number of carbonyl (C=O) groups excluding carboxylic acids is 2. The van der Waals surface area contributed by atoms with Crippen LogP contribution in [0.15, 0.2) is 34.7 Å². The fourth-order valence-corrected chi connectivity index (χ4v) is 3.46. The molecule has 0 aliphatic carbocycles. The number of carbonyl (C=O) groups is 2. The maximum Gasteiger partial charge on any atom is 0.348 e. The van der Waals surface area contributed by atoms with Gasteiger partial charge in [0.2, 0.25) is 0 Å². The van der Waals surface area contributed by atoms with Crippen LogP contribution in [0.25, 0.3) is 11.0 Å². The molecule has 3 rings (SSSR count). The Morgan fingerprint density at radius 2 is 2.00 bits per heavy atom. The van der Waals surface area contributed by atoms with Crippen molar-refractivity contribution in [1.29, 1.82) is 0 Å². The van der Waals surface area contributed by atoms with Gasteiger partial charge in [-0.05, 0) is 38.5 Å². The summed E-state index contributed by atoms with van der Waals surface area (Å²) in [5.41, 5.74) is 2.24. The van der Waals surface area contributed by atoms with Gasteiger partial charge < -0.3 is 14.5 Å². The number of ether oxygens (including phenoxy) is 1. The van der Waals surface area contributed by atoms with Gasteiger partial charge in [-0.15, -0.1) is 11.3 Å². The van der Waals surface area contributed by atoms with Crippen LogP contribution in [-0.4, -0.2) is 18.5 Å². The molecule has 0 aliphatic rings. The summed E-state index contributed by atoms with van der Waals surface area (Å²) < 4.78 is 10.7. The van der Waals surface area contributed by atoms with Gasteiger partial charge in [0.15, 0.2) is 5.76 Å². The molecule has 2 aromatic heterocycles. The monoisotopic (exact) mass is 343 g/mol. The van der Waals surface area contributed by atoms with Crippen LogP contribution >= 0.6 is 11.3 Å². The number of esters is 1. The van der Waals surface area contributed by atoms with Crippen LogP contribution in [-0.2, 0) is 4.74 Å². The molecule has 1 amide bonds. The van der Waals surface area contributed by atoms with E-state index in [9.17, 15) is 9.59 Å². The van der Waals surface area contributed by atoms with Crippen molar-refractivity contribution < 1.29 is 18.7 Å². The van der Waals surface area contributed by atoms with Gasteiger partial charge in [0, 0.05) is 10.9 Å². The lowest BCUT2D eigenvalue weighted by Gasteiger charge is -2.00. The molecule has 1 N–H and O–H groups in total. The van der Waals surface area contributed by atoms with Crippen molar-refractivity contribution in [3.63, 3.8) is 0 Å².